The Hall–Kier alpha value is -1.55. The third kappa shape index (κ3) is 17.1. The molecule has 0 aliphatic carbocycles. The number of ether oxygens (including phenoxy) is 3. The van der Waals surface area contributed by atoms with Gasteiger partial charge in [-0.2, -0.15) is 0 Å². The molecular weight excluding hydrogens is 380 g/mol. The van der Waals surface area contributed by atoms with Crippen LogP contribution in [0.15, 0.2) is 0 Å². The molecule has 0 aliphatic rings. The van der Waals surface area contributed by atoms with Crippen molar-refractivity contribution in [3.63, 3.8) is 0 Å². The number of nitrogens with one attached hydrogen (secondary N) is 2. The first-order valence-electron chi connectivity index (χ1n) is 10.4. The van der Waals surface area contributed by atoms with Crippen LogP contribution in [0.25, 0.3) is 0 Å². The lowest BCUT2D eigenvalue weighted by Gasteiger charge is -2.12. The van der Waals surface area contributed by atoms with Gasteiger partial charge in [-0.1, -0.05) is 20.3 Å². The van der Waals surface area contributed by atoms with Gasteiger partial charge in [-0.05, 0) is 25.7 Å². The van der Waals surface area contributed by atoms with Crippen LogP contribution in [0.3, 0.4) is 0 Å². The van der Waals surface area contributed by atoms with E-state index < -0.39 is 6.61 Å². The Labute approximate surface area is 173 Å². The lowest BCUT2D eigenvalue weighted by molar-refractivity contribution is -0.127. The van der Waals surface area contributed by atoms with Crippen LogP contribution in [-0.4, -0.2) is 82.0 Å². The highest BCUT2D eigenvalue weighted by Crippen LogP contribution is 2.13. The Kier molecular flexibility index (Phi) is 18.7. The number of amides is 2. The Balaban J connectivity index is 3.44. The SMILES string of the molecule is CCCOCC(=O)NCCOCCOCC(=O)NCCCC[C@H](CC)C(=O)CO. The fraction of sp³-hybridized carbons (Fsp3) is 0.850. The van der Waals surface area contributed by atoms with Crippen LogP contribution in [0.4, 0.5) is 0 Å². The maximum Gasteiger partial charge on any atom is 0.246 e. The van der Waals surface area contributed by atoms with Crippen LogP contribution in [-0.2, 0) is 28.6 Å². The largest absolute Gasteiger partial charge is 0.389 e. The van der Waals surface area contributed by atoms with Crippen LogP contribution < -0.4 is 10.6 Å². The van der Waals surface area contributed by atoms with E-state index in [1.165, 1.54) is 0 Å². The molecule has 2 amide bonds. The van der Waals surface area contributed by atoms with Gasteiger partial charge in [0.05, 0.1) is 19.8 Å². The number of unbranched alkanes of at least 4 members (excludes halogenated alkanes) is 1. The second-order valence-corrected chi connectivity index (χ2v) is 6.64. The third-order valence-electron chi connectivity index (χ3n) is 4.16. The number of aliphatic hydroxyl groups is 1. The highest BCUT2D eigenvalue weighted by molar-refractivity contribution is 5.81. The summed E-state index contributed by atoms with van der Waals surface area (Å²) >= 11 is 0. The minimum absolute atomic E-state index is 0.0323. The molecule has 0 aromatic rings. The Morgan fingerprint density at radius 3 is 2.07 bits per heavy atom. The number of rotatable bonds is 20. The van der Waals surface area contributed by atoms with Gasteiger partial charge < -0.3 is 30.0 Å². The molecule has 0 bridgehead atoms. The highest BCUT2D eigenvalue weighted by atomic mass is 16.5. The highest BCUT2D eigenvalue weighted by Gasteiger charge is 2.14. The van der Waals surface area contributed by atoms with E-state index in [1.54, 1.807) is 0 Å². The van der Waals surface area contributed by atoms with E-state index in [9.17, 15) is 14.4 Å². The van der Waals surface area contributed by atoms with Crippen molar-refractivity contribution in [2.24, 2.45) is 5.92 Å². The number of hydrogen-bond donors (Lipinski definition) is 3. The Morgan fingerprint density at radius 1 is 0.828 bits per heavy atom. The Bertz CT molecular complexity index is 447. The molecule has 3 N–H and O–H groups in total. The molecule has 0 aromatic heterocycles. The van der Waals surface area contributed by atoms with E-state index in [2.05, 4.69) is 10.6 Å². The summed E-state index contributed by atoms with van der Waals surface area (Å²) in [6.45, 7) is 6.04. The lowest BCUT2D eigenvalue weighted by Crippen LogP contribution is -2.31. The topological polar surface area (TPSA) is 123 Å². The van der Waals surface area contributed by atoms with Gasteiger partial charge in [-0.3, -0.25) is 14.4 Å². The van der Waals surface area contributed by atoms with E-state index in [0.717, 1.165) is 32.1 Å². The number of aliphatic hydroxyl groups excluding tert-OH is 1. The Morgan fingerprint density at radius 2 is 1.45 bits per heavy atom. The van der Waals surface area contributed by atoms with Gasteiger partial charge in [-0.25, -0.2) is 0 Å². The molecule has 0 saturated heterocycles. The number of carbonyl (C=O) groups excluding carboxylic acids is 3. The van der Waals surface area contributed by atoms with Crippen molar-refractivity contribution in [2.75, 3.05) is 59.3 Å². The van der Waals surface area contributed by atoms with Gasteiger partial charge in [0.25, 0.3) is 0 Å². The van der Waals surface area contributed by atoms with Crippen LogP contribution in [0.5, 0.6) is 0 Å². The molecule has 0 rings (SSSR count). The van der Waals surface area contributed by atoms with Crippen molar-refractivity contribution in [3.05, 3.63) is 0 Å². The molecule has 170 valence electrons. The summed E-state index contributed by atoms with van der Waals surface area (Å²) in [5, 5.41) is 14.3. The summed E-state index contributed by atoms with van der Waals surface area (Å²) in [6.07, 6.45) is 3.92. The smallest absolute Gasteiger partial charge is 0.246 e. The molecule has 9 heteroatoms. The number of hydrogen-bond acceptors (Lipinski definition) is 7. The van der Waals surface area contributed by atoms with Crippen LogP contribution in [0.2, 0.25) is 0 Å². The van der Waals surface area contributed by atoms with Crippen molar-refractivity contribution in [1.29, 1.82) is 0 Å². The van der Waals surface area contributed by atoms with Gasteiger partial charge >= 0.3 is 0 Å². The standard InChI is InChI=1S/C20H38N2O7/c1-3-10-28-15-20(26)22-9-11-27-12-13-29-16-19(25)21-8-6-5-7-17(4-2)18(24)14-23/h17,23H,3-16H2,1-2H3,(H,21,25)(H,22,26)/t17-/m0/s1. The van der Waals surface area contributed by atoms with Crippen molar-refractivity contribution >= 4 is 17.6 Å². The first-order chi connectivity index (χ1) is 14.0. The zero-order valence-corrected chi connectivity index (χ0v) is 17.9. The van der Waals surface area contributed by atoms with Gasteiger partial charge in [-0.15, -0.1) is 0 Å². The summed E-state index contributed by atoms with van der Waals surface area (Å²) in [4.78, 5) is 34.5. The molecule has 0 spiro atoms. The van der Waals surface area contributed by atoms with Crippen molar-refractivity contribution in [3.8, 4) is 0 Å². The molecule has 9 nitrogen and oxygen atoms in total. The van der Waals surface area contributed by atoms with E-state index in [4.69, 9.17) is 19.3 Å². The molecule has 29 heavy (non-hydrogen) atoms. The number of ketones is 1. The number of carbonyl (C=O) groups is 3. The van der Waals surface area contributed by atoms with Gasteiger partial charge in [0.15, 0.2) is 5.78 Å². The molecule has 1 atom stereocenters. The fourth-order valence-corrected chi connectivity index (χ4v) is 2.52. The molecule has 0 heterocycles. The number of Topliss-reactive ketones (excluding diaryl/α,β-unsaturated/α-hetero) is 1. The average molecular weight is 419 g/mol. The zero-order valence-electron chi connectivity index (χ0n) is 17.9. The van der Waals surface area contributed by atoms with Crippen molar-refractivity contribution in [2.45, 2.75) is 46.0 Å². The molecule has 0 aliphatic heterocycles. The first-order valence-corrected chi connectivity index (χ1v) is 10.4. The van der Waals surface area contributed by atoms with Crippen LogP contribution >= 0.6 is 0 Å². The predicted octanol–water partition coefficient (Wildman–Crippen LogP) is 0.437. The predicted molar refractivity (Wildman–Crippen MR) is 108 cm³/mol. The minimum atomic E-state index is -0.404. The van der Waals surface area contributed by atoms with Gasteiger partial charge in [0.2, 0.25) is 11.8 Å². The monoisotopic (exact) mass is 418 g/mol. The normalized spacial score (nSPS) is 11.8. The summed E-state index contributed by atoms with van der Waals surface area (Å²) in [6, 6.07) is 0. The molecule has 0 saturated carbocycles. The second-order valence-electron chi connectivity index (χ2n) is 6.64. The van der Waals surface area contributed by atoms with Gasteiger partial charge in [0, 0.05) is 25.6 Å². The van der Waals surface area contributed by atoms with Crippen LogP contribution in [0, 0.1) is 5.92 Å². The van der Waals surface area contributed by atoms with E-state index in [1.807, 2.05) is 13.8 Å². The zero-order chi connectivity index (χ0) is 21.7. The summed E-state index contributed by atoms with van der Waals surface area (Å²) in [7, 11) is 0. The van der Waals surface area contributed by atoms with E-state index in [-0.39, 0.29) is 36.7 Å². The minimum Gasteiger partial charge on any atom is -0.389 e. The third-order valence-corrected chi connectivity index (χ3v) is 4.16. The molecule has 0 unspecified atom stereocenters. The second kappa shape index (κ2) is 19.8. The molecule has 0 aromatic carbocycles. The first kappa shape index (κ1) is 27.5. The van der Waals surface area contributed by atoms with Crippen molar-refractivity contribution < 1.29 is 33.7 Å². The summed E-state index contributed by atoms with van der Waals surface area (Å²) in [5.74, 6) is -0.569. The van der Waals surface area contributed by atoms with Crippen LogP contribution in [0.1, 0.15) is 46.0 Å². The van der Waals surface area contributed by atoms with Gasteiger partial charge in [0.1, 0.15) is 19.8 Å². The summed E-state index contributed by atoms with van der Waals surface area (Å²) < 4.78 is 15.7. The average Bonchev–Trinajstić information content (AvgIpc) is 2.72. The maximum atomic E-state index is 11.6. The summed E-state index contributed by atoms with van der Waals surface area (Å²) in [5.41, 5.74) is 0. The lowest BCUT2D eigenvalue weighted by atomic mass is 9.95. The van der Waals surface area contributed by atoms with E-state index in [0.29, 0.717) is 39.5 Å². The maximum absolute atomic E-state index is 11.6. The van der Waals surface area contributed by atoms with Crippen molar-refractivity contribution in [1.82, 2.24) is 10.6 Å². The molecule has 0 fully saturated rings. The quantitative estimate of drug-likeness (QED) is 0.245. The molecule has 0 radical (unpaired) electrons. The molecular formula is C20H38N2O7. The van der Waals surface area contributed by atoms with E-state index >= 15 is 0 Å². The fourth-order valence-electron chi connectivity index (χ4n) is 2.52.